The zero-order chi connectivity index (χ0) is 16.9. The van der Waals surface area contributed by atoms with E-state index in [0.29, 0.717) is 6.42 Å². The molecule has 2 atom stereocenters. The second kappa shape index (κ2) is 12.8. The van der Waals surface area contributed by atoms with E-state index in [1.54, 1.807) is 0 Å². The lowest BCUT2D eigenvalue weighted by molar-refractivity contribution is -0.137. The normalized spacial score (nSPS) is 20.1. The Bertz CT molecular complexity index is 298. The zero-order valence-electron chi connectivity index (χ0n) is 15.7. The molecule has 1 saturated carbocycles. The van der Waals surface area contributed by atoms with Gasteiger partial charge in [0.25, 0.3) is 0 Å². The van der Waals surface area contributed by atoms with E-state index >= 15 is 0 Å². The maximum absolute atomic E-state index is 10.5. The minimum Gasteiger partial charge on any atom is -0.481 e. The standard InChI is InChI=1S/C21H40O2/c1-18(2)13-11-9-7-5-3-4-6-8-10-12-14-19-17-20(19)15-16-21(22)23/h18-20H,3-17H2,1-2H3,(H,22,23)/t19-,20-/m1/s1. The number of rotatable bonds is 16. The first-order valence-electron chi connectivity index (χ1n) is 10.3. The number of carbonyl (C=O) groups is 1. The molecule has 0 amide bonds. The lowest BCUT2D eigenvalue weighted by atomic mass is 10.0. The van der Waals surface area contributed by atoms with Crippen molar-refractivity contribution in [3.63, 3.8) is 0 Å². The average molecular weight is 325 g/mol. The first-order chi connectivity index (χ1) is 11.1. The van der Waals surface area contributed by atoms with Gasteiger partial charge >= 0.3 is 5.97 Å². The average Bonchev–Trinajstić information content (AvgIpc) is 3.24. The van der Waals surface area contributed by atoms with E-state index < -0.39 is 5.97 Å². The van der Waals surface area contributed by atoms with Gasteiger partial charge in [-0.25, -0.2) is 0 Å². The molecule has 0 bridgehead atoms. The zero-order valence-corrected chi connectivity index (χ0v) is 15.7. The molecule has 0 unspecified atom stereocenters. The van der Waals surface area contributed by atoms with Crippen LogP contribution in [0.3, 0.4) is 0 Å². The van der Waals surface area contributed by atoms with Crippen LogP contribution >= 0.6 is 0 Å². The molecule has 0 aromatic heterocycles. The highest BCUT2D eigenvalue weighted by atomic mass is 16.4. The molecule has 1 N–H and O–H groups in total. The molecule has 0 aromatic rings. The van der Waals surface area contributed by atoms with Gasteiger partial charge in [-0.05, 0) is 30.6 Å². The van der Waals surface area contributed by atoms with Gasteiger partial charge < -0.3 is 5.11 Å². The molecule has 23 heavy (non-hydrogen) atoms. The first kappa shape index (κ1) is 20.5. The van der Waals surface area contributed by atoms with Crippen molar-refractivity contribution in [2.45, 2.75) is 110 Å². The Morgan fingerprint density at radius 3 is 1.83 bits per heavy atom. The van der Waals surface area contributed by atoms with Crippen molar-refractivity contribution in [2.24, 2.45) is 17.8 Å². The van der Waals surface area contributed by atoms with Crippen molar-refractivity contribution >= 4 is 5.97 Å². The molecule has 0 heterocycles. The fourth-order valence-corrected chi connectivity index (χ4v) is 3.70. The topological polar surface area (TPSA) is 37.3 Å². The number of carboxylic acid groups (broad SMARTS) is 1. The van der Waals surface area contributed by atoms with Crippen molar-refractivity contribution in [2.75, 3.05) is 0 Å². The Hall–Kier alpha value is -0.530. The third-order valence-electron chi connectivity index (χ3n) is 5.40. The summed E-state index contributed by atoms with van der Waals surface area (Å²) in [6, 6.07) is 0. The van der Waals surface area contributed by atoms with Crippen LogP contribution in [0.1, 0.15) is 110 Å². The van der Waals surface area contributed by atoms with Crippen LogP contribution in [0.15, 0.2) is 0 Å². The number of carboxylic acids is 1. The van der Waals surface area contributed by atoms with Crippen molar-refractivity contribution in [1.29, 1.82) is 0 Å². The highest BCUT2D eigenvalue weighted by Gasteiger charge is 2.35. The molecule has 1 fully saturated rings. The summed E-state index contributed by atoms with van der Waals surface area (Å²) in [5.41, 5.74) is 0. The third-order valence-corrected chi connectivity index (χ3v) is 5.40. The van der Waals surface area contributed by atoms with E-state index in [1.165, 1.54) is 83.5 Å². The van der Waals surface area contributed by atoms with Crippen LogP contribution in [-0.4, -0.2) is 11.1 Å². The molecular weight excluding hydrogens is 284 g/mol. The minimum absolute atomic E-state index is 0.374. The molecule has 2 nitrogen and oxygen atoms in total. The van der Waals surface area contributed by atoms with Gasteiger partial charge in [0.15, 0.2) is 0 Å². The SMILES string of the molecule is CC(C)CCCCCCCCCCCC[C@@H]1C[C@H]1CCC(=O)O. The maximum Gasteiger partial charge on any atom is 0.303 e. The summed E-state index contributed by atoms with van der Waals surface area (Å²) in [6.07, 6.45) is 19.5. The van der Waals surface area contributed by atoms with E-state index in [9.17, 15) is 4.79 Å². The largest absolute Gasteiger partial charge is 0.481 e. The van der Waals surface area contributed by atoms with Gasteiger partial charge in [-0.1, -0.05) is 90.9 Å². The Morgan fingerprint density at radius 1 is 0.826 bits per heavy atom. The Balaban J connectivity index is 1.72. The van der Waals surface area contributed by atoms with Crippen molar-refractivity contribution in [3.05, 3.63) is 0 Å². The van der Waals surface area contributed by atoms with E-state index in [0.717, 1.165) is 24.2 Å². The van der Waals surface area contributed by atoms with Gasteiger partial charge in [0.2, 0.25) is 0 Å². The van der Waals surface area contributed by atoms with Crippen molar-refractivity contribution in [3.8, 4) is 0 Å². The predicted octanol–water partition coefficient (Wildman–Crippen LogP) is 6.82. The Kier molecular flexibility index (Phi) is 11.5. The molecule has 1 aliphatic carbocycles. The molecule has 0 aromatic carbocycles. The van der Waals surface area contributed by atoms with Crippen molar-refractivity contribution < 1.29 is 9.90 Å². The molecule has 0 radical (unpaired) electrons. The Labute approximate surface area is 144 Å². The smallest absolute Gasteiger partial charge is 0.303 e. The van der Waals surface area contributed by atoms with Crippen LogP contribution in [0.25, 0.3) is 0 Å². The fraction of sp³-hybridized carbons (Fsp3) is 0.952. The van der Waals surface area contributed by atoms with Crippen LogP contribution in [-0.2, 0) is 4.79 Å². The minimum atomic E-state index is -0.629. The molecule has 0 spiro atoms. The van der Waals surface area contributed by atoms with E-state index in [-0.39, 0.29) is 0 Å². The predicted molar refractivity (Wildman–Crippen MR) is 98.7 cm³/mol. The molecule has 0 aliphatic heterocycles. The highest BCUT2D eigenvalue weighted by Crippen LogP contribution is 2.45. The van der Waals surface area contributed by atoms with Crippen LogP contribution in [0, 0.1) is 17.8 Å². The third kappa shape index (κ3) is 12.5. The van der Waals surface area contributed by atoms with E-state index in [1.807, 2.05) is 0 Å². The Morgan fingerprint density at radius 2 is 1.30 bits per heavy atom. The second-order valence-electron chi connectivity index (χ2n) is 8.20. The summed E-state index contributed by atoms with van der Waals surface area (Å²) in [7, 11) is 0. The summed E-state index contributed by atoms with van der Waals surface area (Å²) >= 11 is 0. The summed E-state index contributed by atoms with van der Waals surface area (Å²) in [4.78, 5) is 10.5. The lowest BCUT2D eigenvalue weighted by Crippen LogP contribution is -1.95. The summed E-state index contributed by atoms with van der Waals surface area (Å²) in [5, 5.41) is 8.68. The molecule has 1 rings (SSSR count). The van der Waals surface area contributed by atoms with E-state index in [4.69, 9.17) is 5.11 Å². The maximum atomic E-state index is 10.5. The summed E-state index contributed by atoms with van der Waals surface area (Å²) in [6.45, 7) is 4.64. The molecule has 2 heteroatoms. The quantitative estimate of drug-likeness (QED) is 0.316. The fourth-order valence-electron chi connectivity index (χ4n) is 3.70. The first-order valence-corrected chi connectivity index (χ1v) is 10.3. The van der Waals surface area contributed by atoms with Gasteiger partial charge in [-0.3, -0.25) is 4.79 Å². The number of aliphatic carboxylic acids is 1. The van der Waals surface area contributed by atoms with Crippen LogP contribution in [0.2, 0.25) is 0 Å². The van der Waals surface area contributed by atoms with Gasteiger partial charge in [-0.15, -0.1) is 0 Å². The summed E-state index contributed by atoms with van der Waals surface area (Å²) < 4.78 is 0. The van der Waals surface area contributed by atoms with Crippen LogP contribution in [0.4, 0.5) is 0 Å². The second-order valence-corrected chi connectivity index (χ2v) is 8.20. The highest BCUT2D eigenvalue weighted by molar-refractivity contribution is 5.66. The molecule has 0 saturated heterocycles. The number of hydrogen-bond donors (Lipinski definition) is 1. The number of hydrogen-bond acceptors (Lipinski definition) is 1. The van der Waals surface area contributed by atoms with Gasteiger partial charge in [0.05, 0.1) is 0 Å². The number of unbranched alkanes of at least 4 members (excludes halogenated alkanes) is 9. The van der Waals surface area contributed by atoms with E-state index in [2.05, 4.69) is 13.8 Å². The lowest BCUT2D eigenvalue weighted by Gasteiger charge is -2.05. The summed E-state index contributed by atoms with van der Waals surface area (Å²) in [5.74, 6) is 1.84. The monoisotopic (exact) mass is 324 g/mol. The van der Waals surface area contributed by atoms with Gasteiger partial charge in [0.1, 0.15) is 0 Å². The van der Waals surface area contributed by atoms with Gasteiger partial charge in [0, 0.05) is 6.42 Å². The van der Waals surface area contributed by atoms with Gasteiger partial charge in [-0.2, -0.15) is 0 Å². The van der Waals surface area contributed by atoms with Crippen LogP contribution < -0.4 is 0 Å². The van der Waals surface area contributed by atoms with Crippen LogP contribution in [0.5, 0.6) is 0 Å². The molecule has 1 aliphatic rings. The molecular formula is C21H40O2. The molecule has 136 valence electrons. The van der Waals surface area contributed by atoms with Crippen molar-refractivity contribution in [1.82, 2.24) is 0 Å².